The van der Waals surface area contributed by atoms with Crippen LogP contribution in [0.15, 0.2) is 12.1 Å². The number of imide groups is 1. The van der Waals surface area contributed by atoms with Crippen molar-refractivity contribution in [2.75, 3.05) is 6.54 Å². The SMILES string of the molecule is Cc1ccc(C)c2c1C(=O)N(CCCC(N)=S)C2=O. The second kappa shape index (κ2) is 5.09. The van der Waals surface area contributed by atoms with Gasteiger partial charge in [-0.05, 0) is 37.8 Å². The first-order valence-electron chi connectivity index (χ1n) is 6.18. The van der Waals surface area contributed by atoms with Gasteiger partial charge in [-0.25, -0.2) is 0 Å². The molecule has 2 amide bonds. The molecule has 5 heteroatoms. The molecule has 1 aliphatic rings. The van der Waals surface area contributed by atoms with E-state index in [0.29, 0.717) is 35.5 Å². The zero-order valence-electron chi connectivity index (χ0n) is 11.0. The lowest BCUT2D eigenvalue weighted by Gasteiger charge is -2.13. The van der Waals surface area contributed by atoms with Gasteiger partial charge in [-0.2, -0.15) is 0 Å². The predicted octanol–water partition coefficient (Wildman–Crippen LogP) is 1.97. The third kappa shape index (κ3) is 2.38. The summed E-state index contributed by atoms with van der Waals surface area (Å²) in [5, 5.41) is 0. The predicted molar refractivity (Wildman–Crippen MR) is 77.3 cm³/mol. The van der Waals surface area contributed by atoms with E-state index >= 15 is 0 Å². The van der Waals surface area contributed by atoms with E-state index in [2.05, 4.69) is 0 Å². The number of benzene rings is 1. The van der Waals surface area contributed by atoms with Crippen LogP contribution in [-0.2, 0) is 0 Å². The number of carbonyl (C=O) groups is 2. The number of thiocarbonyl (C=S) groups is 1. The minimum atomic E-state index is -0.205. The van der Waals surface area contributed by atoms with Gasteiger partial charge in [0.25, 0.3) is 11.8 Å². The van der Waals surface area contributed by atoms with Crippen molar-refractivity contribution >= 4 is 29.0 Å². The molecule has 0 atom stereocenters. The van der Waals surface area contributed by atoms with Crippen molar-refractivity contribution in [3.8, 4) is 0 Å². The molecule has 1 aromatic carbocycles. The molecule has 1 aliphatic heterocycles. The smallest absolute Gasteiger partial charge is 0.261 e. The lowest BCUT2D eigenvalue weighted by atomic mass is 9.99. The number of amides is 2. The van der Waals surface area contributed by atoms with Crippen LogP contribution < -0.4 is 5.73 Å². The lowest BCUT2D eigenvalue weighted by Crippen LogP contribution is -2.31. The van der Waals surface area contributed by atoms with Crippen LogP contribution in [0.3, 0.4) is 0 Å². The molecule has 0 radical (unpaired) electrons. The van der Waals surface area contributed by atoms with Crippen molar-refractivity contribution in [2.24, 2.45) is 5.73 Å². The summed E-state index contributed by atoms with van der Waals surface area (Å²) in [7, 11) is 0. The van der Waals surface area contributed by atoms with Crippen LogP contribution in [0.5, 0.6) is 0 Å². The van der Waals surface area contributed by atoms with Crippen molar-refractivity contribution in [2.45, 2.75) is 26.7 Å². The Balaban J connectivity index is 2.27. The van der Waals surface area contributed by atoms with Gasteiger partial charge in [0.15, 0.2) is 0 Å². The van der Waals surface area contributed by atoms with Gasteiger partial charge in [-0.1, -0.05) is 24.4 Å². The molecule has 0 spiro atoms. The summed E-state index contributed by atoms with van der Waals surface area (Å²) < 4.78 is 0. The zero-order valence-corrected chi connectivity index (χ0v) is 11.8. The Bertz CT molecular complexity index is 540. The number of aryl methyl sites for hydroxylation is 2. The van der Waals surface area contributed by atoms with Gasteiger partial charge in [0.05, 0.1) is 16.1 Å². The zero-order chi connectivity index (χ0) is 14.2. The third-order valence-electron chi connectivity index (χ3n) is 3.34. The molecule has 0 aromatic heterocycles. The maximum atomic E-state index is 12.3. The number of hydrogen-bond donors (Lipinski definition) is 1. The number of carbonyl (C=O) groups excluding carboxylic acids is 2. The first kappa shape index (κ1) is 13.7. The Hall–Kier alpha value is -1.75. The first-order chi connectivity index (χ1) is 8.93. The summed E-state index contributed by atoms with van der Waals surface area (Å²) in [4.78, 5) is 26.3. The average molecular weight is 276 g/mol. The fourth-order valence-corrected chi connectivity index (χ4v) is 2.48. The minimum Gasteiger partial charge on any atom is -0.393 e. The molecule has 0 bridgehead atoms. The van der Waals surface area contributed by atoms with Crippen LogP contribution >= 0.6 is 12.2 Å². The van der Waals surface area contributed by atoms with E-state index in [1.54, 1.807) is 0 Å². The van der Waals surface area contributed by atoms with Crippen molar-refractivity contribution < 1.29 is 9.59 Å². The molecule has 1 aromatic rings. The van der Waals surface area contributed by atoms with Crippen molar-refractivity contribution in [1.82, 2.24) is 4.90 Å². The van der Waals surface area contributed by atoms with E-state index < -0.39 is 0 Å². The molecule has 2 rings (SSSR count). The topological polar surface area (TPSA) is 63.4 Å². The van der Waals surface area contributed by atoms with Crippen molar-refractivity contribution in [1.29, 1.82) is 0 Å². The summed E-state index contributed by atoms with van der Waals surface area (Å²) >= 11 is 4.79. The quantitative estimate of drug-likeness (QED) is 0.674. The van der Waals surface area contributed by atoms with Crippen LogP contribution in [0.4, 0.5) is 0 Å². The summed E-state index contributed by atoms with van der Waals surface area (Å²) in [6.07, 6.45) is 1.15. The van der Waals surface area contributed by atoms with Crippen LogP contribution in [0, 0.1) is 13.8 Å². The van der Waals surface area contributed by atoms with Gasteiger partial charge < -0.3 is 5.73 Å². The Morgan fingerprint density at radius 3 is 2.05 bits per heavy atom. The highest BCUT2D eigenvalue weighted by molar-refractivity contribution is 7.80. The summed E-state index contributed by atoms with van der Waals surface area (Å²) in [5.74, 6) is -0.409. The summed E-state index contributed by atoms with van der Waals surface area (Å²) in [6.45, 7) is 4.06. The number of rotatable bonds is 4. The van der Waals surface area contributed by atoms with Gasteiger partial charge >= 0.3 is 0 Å². The third-order valence-corrected chi connectivity index (χ3v) is 3.55. The molecule has 0 fully saturated rings. The van der Waals surface area contributed by atoms with E-state index in [4.69, 9.17) is 18.0 Å². The fraction of sp³-hybridized carbons (Fsp3) is 0.357. The van der Waals surface area contributed by atoms with Crippen LogP contribution in [-0.4, -0.2) is 28.2 Å². The van der Waals surface area contributed by atoms with E-state index in [9.17, 15) is 9.59 Å². The highest BCUT2D eigenvalue weighted by Crippen LogP contribution is 2.28. The molecule has 100 valence electrons. The van der Waals surface area contributed by atoms with Crippen LogP contribution in [0.2, 0.25) is 0 Å². The van der Waals surface area contributed by atoms with E-state index in [1.165, 1.54) is 4.90 Å². The number of fused-ring (bicyclic) bond motifs is 1. The largest absolute Gasteiger partial charge is 0.393 e. The second-order valence-electron chi connectivity index (χ2n) is 4.78. The molecule has 0 unspecified atom stereocenters. The van der Waals surface area contributed by atoms with E-state index in [-0.39, 0.29) is 11.8 Å². The van der Waals surface area contributed by atoms with E-state index in [0.717, 1.165) is 11.1 Å². The van der Waals surface area contributed by atoms with Crippen molar-refractivity contribution in [3.63, 3.8) is 0 Å². The summed E-state index contributed by atoms with van der Waals surface area (Å²) in [5.41, 5.74) is 8.19. The maximum Gasteiger partial charge on any atom is 0.261 e. The highest BCUT2D eigenvalue weighted by atomic mass is 32.1. The number of hydrogen-bond acceptors (Lipinski definition) is 3. The monoisotopic (exact) mass is 276 g/mol. The molecule has 0 aliphatic carbocycles. The molecular weight excluding hydrogens is 260 g/mol. The van der Waals surface area contributed by atoms with Gasteiger partial charge in [-0.3, -0.25) is 14.5 Å². The summed E-state index contributed by atoms with van der Waals surface area (Å²) in [6, 6.07) is 3.75. The van der Waals surface area contributed by atoms with Gasteiger partial charge in [0.2, 0.25) is 0 Å². The fourth-order valence-electron chi connectivity index (χ4n) is 2.34. The van der Waals surface area contributed by atoms with Crippen molar-refractivity contribution in [3.05, 3.63) is 34.4 Å². The lowest BCUT2D eigenvalue weighted by molar-refractivity contribution is 0.0653. The van der Waals surface area contributed by atoms with Gasteiger partial charge in [0.1, 0.15) is 0 Å². The molecule has 19 heavy (non-hydrogen) atoms. The molecule has 1 heterocycles. The number of nitrogens with two attached hydrogens (primary N) is 1. The molecule has 4 nitrogen and oxygen atoms in total. The normalized spacial score (nSPS) is 13.9. The molecular formula is C14H16N2O2S. The Labute approximate surface area is 117 Å². The van der Waals surface area contributed by atoms with Crippen LogP contribution in [0.25, 0.3) is 0 Å². The molecule has 2 N–H and O–H groups in total. The average Bonchev–Trinajstić information content (AvgIpc) is 2.59. The Morgan fingerprint density at radius 2 is 1.63 bits per heavy atom. The Kier molecular flexibility index (Phi) is 3.66. The molecule has 0 saturated carbocycles. The van der Waals surface area contributed by atoms with E-state index in [1.807, 2.05) is 26.0 Å². The highest BCUT2D eigenvalue weighted by Gasteiger charge is 2.37. The van der Waals surface area contributed by atoms with Gasteiger partial charge in [-0.15, -0.1) is 0 Å². The minimum absolute atomic E-state index is 0.205. The first-order valence-corrected chi connectivity index (χ1v) is 6.59. The number of nitrogens with zero attached hydrogens (tertiary/aromatic N) is 1. The second-order valence-corrected chi connectivity index (χ2v) is 5.31. The Morgan fingerprint density at radius 1 is 1.16 bits per heavy atom. The maximum absolute atomic E-state index is 12.3. The van der Waals surface area contributed by atoms with Crippen LogP contribution in [0.1, 0.15) is 44.7 Å². The molecule has 0 saturated heterocycles. The van der Waals surface area contributed by atoms with Gasteiger partial charge in [0, 0.05) is 6.54 Å². The standard InChI is InChI=1S/C14H16N2O2S/c1-8-5-6-9(2)12-11(8)13(17)16(14(12)18)7-3-4-10(15)19/h5-6H,3-4,7H2,1-2H3,(H2,15,19).